The minimum atomic E-state index is -0.381. The summed E-state index contributed by atoms with van der Waals surface area (Å²) in [6, 6.07) is 5.91. The average Bonchev–Trinajstić information content (AvgIpc) is 2.07. The van der Waals surface area contributed by atoms with Crippen LogP contribution >= 0.6 is 15.9 Å². The fraction of sp³-hybridized carbons (Fsp3) is 0.455. The maximum Gasteiger partial charge on any atom is 0.124 e. The molecular weight excluding hydrogens is 242 g/mol. The van der Waals surface area contributed by atoms with Crippen LogP contribution in [0.2, 0.25) is 0 Å². The second kappa shape index (κ2) is 4.32. The van der Waals surface area contributed by atoms with Crippen LogP contribution in [0.3, 0.4) is 0 Å². The zero-order valence-corrected chi connectivity index (χ0v) is 10.4. The highest BCUT2D eigenvalue weighted by atomic mass is 79.9. The third-order valence-electron chi connectivity index (χ3n) is 1.94. The maximum atomic E-state index is 6.06. The number of rotatable bonds is 3. The van der Waals surface area contributed by atoms with Gasteiger partial charge in [-0.05, 0) is 39.0 Å². The predicted molar refractivity (Wildman–Crippen MR) is 62.5 cm³/mol. The molecule has 0 bridgehead atoms. The van der Waals surface area contributed by atoms with Gasteiger partial charge in [0.25, 0.3) is 0 Å². The molecule has 0 aliphatic carbocycles. The van der Waals surface area contributed by atoms with Crippen molar-refractivity contribution in [2.45, 2.75) is 26.3 Å². The van der Waals surface area contributed by atoms with Crippen molar-refractivity contribution in [3.63, 3.8) is 0 Å². The summed E-state index contributed by atoms with van der Waals surface area (Å²) in [6.45, 7) is 6.56. The molecule has 1 aromatic carbocycles. The summed E-state index contributed by atoms with van der Waals surface area (Å²) >= 11 is 3.43. The quantitative estimate of drug-likeness (QED) is 0.904. The Morgan fingerprint density at radius 3 is 2.57 bits per heavy atom. The van der Waals surface area contributed by atoms with Crippen LogP contribution in [0.4, 0.5) is 0 Å². The van der Waals surface area contributed by atoms with Gasteiger partial charge in [-0.2, -0.15) is 0 Å². The van der Waals surface area contributed by atoms with Gasteiger partial charge in [0.05, 0.1) is 6.61 Å². The Kier molecular flexibility index (Phi) is 3.56. The molecule has 0 atom stereocenters. The Morgan fingerprint density at radius 1 is 1.43 bits per heavy atom. The highest BCUT2D eigenvalue weighted by Crippen LogP contribution is 2.30. The zero-order valence-electron chi connectivity index (χ0n) is 8.80. The number of benzene rings is 1. The highest BCUT2D eigenvalue weighted by Gasteiger charge is 2.19. The van der Waals surface area contributed by atoms with Crippen molar-refractivity contribution >= 4 is 15.9 Å². The van der Waals surface area contributed by atoms with Crippen LogP contribution in [0.5, 0.6) is 5.75 Å². The number of hydrogen-bond donors (Lipinski definition) is 1. The summed E-state index contributed by atoms with van der Waals surface area (Å²) in [6.07, 6.45) is 0. The fourth-order valence-electron chi connectivity index (χ4n) is 1.29. The van der Waals surface area contributed by atoms with Gasteiger partial charge in [-0.25, -0.2) is 0 Å². The van der Waals surface area contributed by atoms with Gasteiger partial charge in [0.15, 0.2) is 0 Å². The summed E-state index contributed by atoms with van der Waals surface area (Å²) in [4.78, 5) is 0. The molecule has 0 radical (unpaired) electrons. The standard InChI is InChI=1S/C11H16BrNO/c1-4-14-10-6-5-8(12)7-9(10)11(2,3)13/h5-7H,4,13H2,1-3H3. The van der Waals surface area contributed by atoms with E-state index in [1.165, 1.54) is 0 Å². The van der Waals surface area contributed by atoms with Crippen molar-refractivity contribution in [3.8, 4) is 5.75 Å². The molecular formula is C11H16BrNO. The van der Waals surface area contributed by atoms with Crippen molar-refractivity contribution < 1.29 is 4.74 Å². The molecule has 3 heteroatoms. The molecule has 1 aromatic rings. The molecule has 0 fully saturated rings. The highest BCUT2D eigenvalue weighted by molar-refractivity contribution is 9.10. The third-order valence-corrected chi connectivity index (χ3v) is 2.43. The van der Waals surface area contributed by atoms with Gasteiger partial charge in [-0.3, -0.25) is 0 Å². The van der Waals surface area contributed by atoms with Crippen molar-refractivity contribution in [1.82, 2.24) is 0 Å². The summed E-state index contributed by atoms with van der Waals surface area (Å²) in [5.74, 6) is 0.864. The molecule has 0 saturated heterocycles. The maximum absolute atomic E-state index is 6.06. The van der Waals surface area contributed by atoms with Crippen LogP contribution in [0.15, 0.2) is 22.7 Å². The van der Waals surface area contributed by atoms with Crippen molar-refractivity contribution in [2.75, 3.05) is 6.61 Å². The molecule has 0 aromatic heterocycles. The van der Waals surface area contributed by atoms with Gasteiger partial charge in [-0.15, -0.1) is 0 Å². The van der Waals surface area contributed by atoms with E-state index in [0.717, 1.165) is 15.8 Å². The summed E-state index contributed by atoms with van der Waals surface area (Å²) < 4.78 is 6.54. The van der Waals surface area contributed by atoms with E-state index in [-0.39, 0.29) is 5.54 Å². The normalized spacial score (nSPS) is 11.5. The van der Waals surface area contributed by atoms with E-state index in [9.17, 15) is 0 Å². The van der Waals surface area contributed by atoms with Crippen molar-refractivity contribution in [3.05, 3.63) is 28.2 Å². The molecule has 1 rings (SSSR count). The Bertz CT molecular complexity index is 318. The first-order valence-electron chi connectivity index (χ1n) is 4.67. The number of ether oxygens (including phenoxy) is 1. The SMILES string of the molecule is CCOc1ccc(Br)cc1C(C)(C)N. The largest absolute Gasteiger partial charge is 0.494 e. The molecule has 0 aliphatic heterocycles. The third kappa shape index (κ3) is 2.72. The van der Waals surface area contributed by atoms with E-state index < -0.39 is 0 Å². The van der Waals surface area contributed by atoms with E-state index in [2.05, 4.69) is 15.9 Å². The second-order valence-electron chi connectivity index (χ2n) is 3.80. The second-order valence-corrected chi connectivity index (χ2v) is 4.71. The van der Waals surface area contributed by atoms with E-state index in [1.54, 1.807) is 0 Å². The Balaban J connectivity index is 3.16. The van der Waals surface area contributed by atoms with E-state index >= 15 is 0 Å². The van der Waals surface area contributed by atoms with Gasteiger partial charge >= 0.3 is 0 Å². The molecule has 2 nitrogen and oxygen atoms in total. The number of nitrogens with two attached hydrogens (primary N) is 1. The molecule has 0 amide bonds. The minimum absolute atomic E-state index is 0.381. The lowest BCUT2D eigenvalue weighted by Gasteiger charge is -2.22. The first-order chi connectivity index (χ1) is 6.45. The van der Waals surface area contributed by atoms with E-state index in [1.807, 2.05) is 39.0 Å². The van der Waals surface area contributed by atoms with E-state index in [0.29, 0.717) is 6.61 Å². The lowest BCUT2D eigenvalue weighted by molar-refractivity contribution is 0.328. The Morgan fingerprint density at radius 2 is 2.07 bits per heavy atom. The predicted octanol–water partition coefficient (Wildman–Crippen LogP) is 3.04. The molecule has 0 aliphatic rings. The van der Waals surface area contributed by atoms with Gasteiger partial charge in [0, 0.05) is 15.6 Å². The van der Waals surface area contributed by atoms with E-state index in [4.69, 9.17) is 10.5 Å². The van der Waals surface area contributed by atoms with Crippen molar-refractivity contribution in [1.29, 1.82) is 0 Å². The van der Waals surface area contributed by atoms with Gasteiger partial charge in [0.2, 0.25) is 0 Å². The van der Waals surface area contributed by atoms with Gasteiger partial charge < -0.3 is 10.5 Å². The number of halogens is 1. The summed E-state index contributed by atoms with van der Waals surface area (Å²) in [5.41, 5.74) is 6.70. The molecule has 0 unspecified atom stereocenters. The van der Waals surface area contributed by atoms with Gasteiger partial charge in [-0.1, -0.05) is 15.9 Å². The number of hydrogen-bond acceptors (Lipinski definition) is 2. The molecule has 2 N–H and O–H groups in total. The summed E-state index contributed by atoms with van der Waals surface area (Å²) in [5, 5.41) is 0. The van der Waals surface area contributed by atoms with Crippen LogP contribution < -0.4 is 10.5 Å². The van der Waals surface area contributed by atoms with Gasteiger partial charge in [0.1, 0.15) is 5.75 Å². The zero-order chi connectivity index (χ0) is 10.8. The monoisotopic (exact) mass is 257 g/mol. The first kappa shape index (κ1) is 11.5. The molecule has 78 valence electrons. The average molecular weight is 258 g/mol. The van der Waals surface area contributed by atoms with Crippen LogP contribution in [0.1, 0.15) is 26.3 Å². The molecule has 0 spiro atoms. The smallest absolute Gasteiger partial charge is 0.124 e. The van der Waals surface area contributed by atoms with Crippen LogP contribution in [0.25, 0.3) is 0 Å². The van der Waals surface area contributed by atoms with Crippen molar-refractivity contribution in [2.24, 2.45) is 5.73 Å². The molecule has 0 heterocycles. The summed E-state index contributed by atoms with van der Waals surface area (Å²) in [7, 11) is 0. The Labute approximate surface area is 93.6 Å². The lowest BCUT2D eigenvalue weighted by Crippen LogP contribution is -2.29. The van der Waals surface area contributed by atoms with Crippen LogP contribution in [-0.2, 0) is 5.54 Å². The fourth-order valence-corrected chi connectivity index (χ4v) is 1.65. The Hall–Kier alpha value is -0.540. The van der Waals surface area contributed by atoms with Crippen LogP contribution in [0, 0.1) is 0 Å². The lowest BCUT2D eigenvalue weighted by atomic mass is 9.95. The molecule has 0 saturated carbocycles. The minimum Gasteiger partial charge on any atom is -0.494 e. The first-order valence-corrected chi connectivity index (χ1v) is 5.46. The van der Waals surface area contributed by atoms with Crippen LogP contribution in [-0.4, -0.2) is 6.61 Å². The topological polar surface area (TPSA) is 35.2 Å². The molecule has 14 heavy (non-hydrogen) atoms.